The summed E-state index contributed by atoms with van der Waals surface area (Å²) < 4.78 is 1.98. The molecule has 1 heterocycles. The summed E-state index contributed by atoms with van der Waals surface area (Å²) >= 11 is 12.3. The van der Waals surface area contributed by atoms with Gasteiger partial charge in [-0.25, -0.2) is 4.79 Å². The lowest BCUT2D eigenvalue weighted by Gasteiger charge is -2.19. The van der Waals surface area contributed by atoms with E-state index >= 15 is 0 Å². The third kappa shape index (κ3) is 5.27. The van der Waals surface area contributed by atoms with E-state index in [0.29, 0.717) is 16.5 Å². The Bertz CT molecular complexity index is 1210. The monoisotopic (exact) mass is 479 g/mol. The molecule has 0 spiro atoms. The molecule has 0 bridgehead atoms. The highest BCUT2D eigenvalue weighted by Gasteiger charge is 2.22. The van der Waals surface area contributed by atoms with E-state index in [1.807, 2.05) is 59.2 Å². The lowest BCUT2D eigenvalue weighted by Crippen LogP contribution is -2.12. The molecule has 0 aliphatic rings. The van der Waals surface area contributed by atoms with Crippen LogP contribution in [0.2, 0.25) is 10.0 Å². The SMILES string of the molecule is CCCc1nnc(CC(c2ccc(Cl)cc2)c2ccc(Cl)cc2)n1-c1cccc(C(=O)O)c1. The summed E-state index contributed by atoms with van der Waals surface area (Å²) in [5.74, 6) is 0.584. The zero-order chi connectivity index (χ0) is 23.4. The quantitative estimate of drug-likeness (QED) is 0.309. The molecule has 168 valence electrons. The second kappa shape index (κ2) is 10.2. The van der Waals surface area contributed by atoms with E-state index < -0.39 is 5.97 Å². The van der Waals surface area contributed by atoms with Crippen LogP contribution in [0.3, 0.4) is 0 Å². The number of rotatable bonds is 8. The van der Waals surface area contributed by atoms with E-state index in [2.05, 4.69) is 17.1 Å². The molecular formula is C26H23Cl2N3O2. The third-order valence-corrected chi connectivity index (χ3v) is 6.06. The molecule has 3 aromatic carbocycles. The lowest BCUT2D eigenvalue weighted by atomic mass is 9.88. The second-order valence-corrected chi connectivity index (χ2v) is 8.71. The molecule has 0 aliphatic carbocycles. The van der Waals surface area contributed by atoms with Crippen LogP contribution in [0, 0.1) is 0 Å². The van der Waals surface area contributed by atoms with Crippen molar-refractivity contribution in [1.82, 2.24) is 14.8 Å². The van der Waals surface area contributed by atoms with Crippen molar-refractivity contribution < 1.29 is 9.90 Å². The molecule has 0 radical (unpaired) electrons. The number of carboxylic acid groups (broad SMARTS) is 1. The highest BCUT2D eigenvalue weighted by Crippen LogP contribution is 2.31. The molecule has 0 unspecified atom stereocenters. The fourth-order valence-corrected chi connectivity index (χ4v) is 4.20. The van der Waals surface area contributed by atoms with E-state index in [1.165, 1.54) is 0 Å². The van der Waals surface area contributed by atoms with Gasteiger partial charge in [0.05, 0.1) is 5.56 Å². The summed E-state index contributed by atoms with van der Waals surface area (Å²) in [6.45, 7) is 2.08. The number of nitrogens with zero attached hydrogens (tertiary/aromatic N) is 3. The Morgan fingerprint density at radius 1 is 0.909 bits per heavy atom. The number of hydrogen-bond acceptors (Lipinski definition) is 3. The molecule has 0 atom stereocenters. The maximum Gasteiger partial charge on any atom is 0.335 e. The standard InChI is InChI=1S/C26H23Cl2N3O2/c1-2-4-24-29-30-25(31(24)22-6-3-5-19(15-22)26(32)33)16-23(17-7-11-20(27)12-8-17)18-9-13-21(28)14-10-18/h3,5-15,23H,2,4,16H2,1H3,(H,32,33). The predicted octanol–water partition coefficient (Wildman–Crippen LogP) is 6.60. The van der Waals surface area contributed by atoms with E-state index in [0.717, 1.165) is 41.3 Å². The molecule has 1 N–H and O–H groups in total. The zero-order valence-electron chi connectivity index (χ0n) is 18.1. The van der Waals surface area contributed by atoms with Crippen LogP contribution in [0.1, 0.15) is 52.4 Å². The van der Waals surface area contributed by atoms with Crippen molar-refractivity contribution in [3.8, 4) is 5.69 Å². The van der Waals surface area contributed by atoms with Gasteiger partial charge in [0.1, 0.15) is 11.6 Å². The molecule has 7 heteroatoms. The number of benzene rings is 3. The van der Waals surface area contributed by atoms with Crippen LogP contribution >= 0.6 is 23.2 Å². The normalized spacial score (nSPS) is 11.2. The van der Waals surface area contributed by atoms with Gasteiger partial charge in [-0.05, 0) is 60.0 Å². The Balaban J connectivity index is 1.81. The van der Waals surface area contributed by atoms with Crippen LogP contribution < -0.4 is 0 Å². The van der Waals surface area contributed by atoms with Crippen LogP contribution in [0.25, 0.3) is 5.69 Å². The van der Waals surface area contributed by atoms with Gasteiger partial charge in [-0.1, -0.05) is 60.5 Å². The molecule has 1 aromatic heterocycles. The Labute approximate surface area is 202 Å². The van der Waals surface area contributed by atoms with Crippen LogP contribution in [0.4, 0.5) is 0 Å². The molecular weight excluding hydrogens is 457 g/mol. The summed E-state index contributed by atoms with van der Waals surface area (Å²) in [5, 5.41) is 19.8. The van der Waals surface area contributed by atoms with Gasteiger partial charge >= 0.3 is 5.97 Å². The van der Waals surface area contributed by atoms with Crippen LogP contribution in [-0.4, -0.2) is 25.8 Å². The largest absolute Gasteiger partial charge is 0.478 e. The minimum Gasteiger partial charge on any atom is -0.478 e. The third-order valence-electron chi connectivity index (χ3n) is 5.55. The van der Waals surface area contributed by atoms with Crippen LogP contribution in [0.5, 0.6) is 0 Å². The number of halogens is 2. The highest BCUT2D eigenvalue weighted by atomic mass is 35.5. The summed E-state index contributed by atoms with van der Waals surface area (Å²) in [4.78, 5) is 11.6. The maximum atomic E-state index is 11.6. The van der Waals surface area contributed by atoms with E-state index in [-0.39, 0.29) is 11.5 Å². The van der Waals surface area contributed by atoms with Crippen molar-refractivity contribution in [2.75, 3.05) is 0 Å². The zero-order valence-corrected chi connectivity index (χ0v) is 19.6. The first kappa shape index (κ1) is 23.0. The van der Waals surface area contributed by atoms with Gasteiger partial charge in [0, 0.05) is 34.5 Å². The van der Waals surface area contributed by atoms with Crippen LogP contribution in [-0.2, 0) is 12.8 Å². The Hall–Kier alpha value is -3.15. The molecule has 0 aliphatic heterocycles. The van der Waals surface area contributed by atoms with Crippen molar-refractivity contribution >= 4 is 29.2 Å². The van der Waals surface area contributed by atoms with Crippen molar-refractivity contribution in [1.29, 1.82) is 0 Å². The Kier molecular flexibility index (Phi) is 7.11. The minimum atomic E-state index is -0.969. The molecule has 0 saturated heterocycles. The summed E-state index contributed by atoms with van der Waals surface area (Å²) in [5.41, 5.74) is 3.14. The average molecular weight is 480 g/mol. The van der Waals surface area contributed by atoms with Gasteiger partial charge in [-0.3, -0.25) is 4.57 Å². The van der Waals surface area contributed by atoms with Gasteiger partial charge in [0.2, 0.25) is 0 Å². The maximum absolute atomic E-state index is 11.6. The van der Waals surface area contributed by atoms with Crippen LogP contribution in [0.15, 0.2) is 72.8 Å². The first-order valence-electron chi connectivity index (χ1n) is 10.7. The number of aromatic nitrogens is 3. The van der Waals surface area contributed by atoms with Gasteiger partial charge < -0.3 is 5.11 Å². The first-order chi connectivity index (χ1) is 16.0. The molecule has 33 heavy (non-hydrogen) atoms. The Morgan fingerprint density at radius 3 is 2.03 bits per heavy atom. The average Bonchev–Trinajstić information content (AvgIpc) is 3.21. The van der Waals surface area contributed by atoms with Crippen molar-refractivity contribution in [2.24, 2.45) is 0 Å². The number of aryl methyl sites for hydroxylation is 1. The highest BCUT2D eigenvalue weighted by molar-refractivity contribution is 6.30. The van der Waals surface area contributed by atoms with E-state index in [9.17, 15) is 9.90 Å². The number of aromatic carboxylic acids is 1. The van der Waals surface area contributed by atoms with E-state index in [1.54, 1.807) is 18.2 Å². The molecule has 4 aromatic rings. The predicted molar refractivity (Wildman–Crippen MR) is 131 cm³/mol. The molecule has 0 saturated carbocycles. The van der Waals surface area contributed by atoms with Crippen molar-refractivity contribution in [3.05, 3.63) is 111 Å². The van der Waals surface area contributed by atoms with E-state index in [4.69, 9.17) is 23.2 Å². The topological polar surface area (TPSA) is 68.0 Å². The first-order valence-corrected chi connectivity index (χ1v) is 11.5. The fourth-order valence-electron chi connectivity index (χ4n) is 3.95. The molecule has 4 rings (SSSR count). The molecule has 5 nitrogen and oxygen atoms in total. The summed E-state index contributed by atoms with van der Waals surface area (Å²) in [6.07, 6.45) is 2.20. The van der Waals surface area contributed by atoms with Crippen molar-refractivity contribution in [2.45, 2.75) is 32.1 Å². The number of carbonyl (C=O) groups is 1. The second-order valence-electron chi connectivity index (χ2n) is 7.83. The molecule has 0 amide bonds. The van der Waals surface area contributed by atoms with Gasteiger partial charge in [-0.15, -0.1) is 10.2 Å². The molecule has 0 fully saturated rings. The number of carboxylic acids is 1. The fraction of sp³-hybridized carbons (Fsp3) is 0.192. The smallest absolute Gasteiger partial charge is 0.335 e. The van der Waals surface area contributed by atoms with Gasteiger partial charge in [0.25, 0.3) is 0 Å². The Morgan fingerprint density at radius 2 is 1.48 bits per heavy atom. The summed E-state index contributed by atoms with van der Waals surface area (Å²) in [7, 11) is 0. The van der Waals surface area contributed by atoms with Crippen molar-refractivity contribution in [3.63, 3.8) is 0 Å². The minimum absolute atomic E-state index is 0.0142. The van der Waals surface area contributed by atoms with Gasteiger partial charge in [0.15, 0.2) is 0 Å². The van der Waals surface area contributed by atoms with Gasteiger partial charge in [-0.2, -0.15) is 0 Å². The summed E-state index contributed by atoms with van der Waals surface area (Å²) in [6, 6.07) is 22.4. The number of hydrogen-bond donors (Lipinski definition) is 1. The lowest BCUT2D eigenvalue weighted by molar-refractivity contribution is 0.0697.